The molecule has 1 aliphatic rings. The molecule has 1 N–H and O–H groups in total. The van der Waals surface area contributed by atoms with Crippen molar-refractivity contribution in [3.63, 3.8) is 0 Å². The molecule has 1 saturated carbocycles. The molecule has 8 heteroatoms. The number of ether oxygens (including phenoxy) is 2. The zero-order valence-corrected chi connectivity index (χ0v) is 18.7. The third-order valence-corrected chi connectivity index (χ3v) is 5.95. The highest BCUT2D eigenvalue weighted by Crippen LogP contribution is 2.55. The number of aromatic nitrogens is 2. The first-order valence-electron chi connectivity index (χ1n) is 10.6. The minimum atomic E-state index is -0.713. The summed E-state index contributed by atoms with van der Waals surface area (Å²) in [6.45, 7) is 3.89. The van der Waals surface area contributed by atoms with E-state index in [4.69, 9.17) is 9.47 Å². The Morgan fingerprint density at radius 3 is 2.70 bits per heavy atom. The fraction of sp³-hybridized carbons (Fsp3) is 0.320. The Balaban J connectivity index is 1.58. The number of hydrogen-bond donors (Lipinski definition) is 1. The van der Waals surface area contributed by atoms with E-state index in [-0.39, 0.29) is 30.8 Å². The molecule has 33 heavy (non-hydrogen) atoms. The lowest BCUT2D eigenvalue weighted by molar-refractivity contribution is -0.117. The third-order valence-electron chi connectivity index (χ3n) is 5.95. The van der Waals surface area contributed by atoms with Crippen molar-refractivity contribution < 1.29 is 23.0 Å². The van der Waals surface area contributed by atoms with Gasteiger partial charge in [0, 0.05) is 18.2 Å². The lowest BCUT2D eigenvalue weighted by atomic mass is 9.93. The molecule has 0 spiro atoms. The lowest BCUT2D eigenvalue weighted by Gasteiger charge is -2.20. The van der Waals surface area contributed by atoms with E-state index < -0.39 is 11.3 Å². The minimum absolute atomic E-state index is 0.139. The van der Waals surface area contributed by atoms with Gasteiger partial charge in [-0.05, 0) is 61.7 Å². The zero-order chi connectivity index (χ0) is 23.6. The van der Waals surface area contributed by atoms with Gasteiger partial charge in [0.05, 0.1) is 25.3 Å². The van der Waals surface area contributed by atoms with Crippen LogP contribution in [0.5, 0.6) is 5.75 Å². The Morgan fingerprint density at radius 2 is 1.97 bits per heavy atom. The summed E-state index contributed by atoms with van der Waals surface area (Å²) >= 11 is 0. The average Bonchev–Trinajstić information content (AvgIpc) is 3.51. The van der Waals surface area contributed by atoms with Crippen LogP contribution in [0.4, 0.5) is 14.5 Å². The van der Waals surface area contributed by atoms with E-state index in [2.05, 4.69) is 15.3 Å². The highest BCUT2D eigenvalue weighted by Gasteiger charge is 2.60. The van der Waals surface area contributed by atoms with E-state index in [1.54, 1.807) is 39.3 Å². The number of aryl methyl sites for hydroxylation is 2. The first-order valence-corrected chi connectivity index (χ1v) is 10.6. The first kappa shape index (κ1) is 22.8. The maximum absolute atomic E-state index is 14.0. The molecule has 1 amide bonds. The van der Waals surface area contributed by atoms with Gasteiger partial charge in [-0.25, -0.2) is 18.7 Å². The Labute approximate surface area is 191 Å². The van der Waals surface area contributed by atoms with Crippen LogP contribution in [0, 0.1) is 31.4 Å². The van der Waals surface area contributed by atoms with E-state index in [1.165, 1.54) is 30.3 Å². The lowest BCUT2D eigenvalue weighted by Crippen LogP contribution is -2.27. The molecule has 1 heterocycles. The predicted molar refractivity (Wildman–Crippen MR) is 119 cm³/mol. The average molecular weight is 453 g/mol. The molecule has 0 saturated heterocycles. The van der Waals surface area contributed by atoms with Gasteiger partial charge in [0.1, 0.15) is 23.2 Å². The van der Waals surface area contributed by atoms with Crippen LogP contribution in [0.3, 0.4) is 0 Å². The molecule has 2 aromatic carbocycles. The molecule has 172 valence electrons. The van der Waals surface area contributed by atoms with Crippen LogP contribution in [0.15, 0.2) is 48.7 Å². The molecule has 0 bridgehead atoms. The van der Waals surface area contributed by atoms with Crippen LogP contribution in [0.2, 0.25) is 0 Å². The van der Waals surface area contributed by atoms with Crippen molar-refractivity contribution in [2.24, 2.45) is 5.92 Å². The maximum Gasteiger partial charge on any atom is 0.228 e. The number of carbonyl (C=O) groups excluding carboxylic acids is 1. The largest absolute Gasteiger partial charge is 0.489 e. The molecule has 1 aromatic heterocycles. The Kier molecular flexibility index (Phi) is 6.37. The van der Waals surface area contributed by atoms with Crippen LogP contribution in [-0.2, 0) is 21.6 Å². The highest BCUT2D eigenvalue weighted by atomic mass is 19.1. The summed E-state index contributed by atoms with van der Waals surface area (Å²) in [5.74, 6) is -0.375. The van der Waals surface area contributed by atoms with Crippen molar-refractivity contribution in [2.75, 3.05) is 19.0 Å². The molecule has 0 unspecified atom stereocenters. The van der Waals surface area contributed by atoms with Gasteiger partial charge >= 0.3 is 0 Å². The molecule has 6 nitrogen and oxygen atoms in total. The summed E-state index contributed by atoms with van der Waals surface area (Å²) in [4.78, 5) is 21.7. The van der Waals surface area contributed by atoms with Crippen LogP contribution >= 0.6 is 0 Å². The summed E-state index contributed by atoms with van der Waals surface area (Å²) in [6, 6.07) is 10.4. The molecule has 0 radical (unpaired) electrons. The molecular formula is C25H25F2N3O3. The van der Waals surface area contributed by atoms with Crippen LogP contribution in [0.25, 0.3) is 0 Å². The number of hydrogen-bond acceptors (Lipinski definition) is 5. The highest BCUT2D eigenvalue weighted by molar-refractivity contribution is 5.96. The number of carbonyl (C=O) groups is 1. The van der Waals surface area contributed by atoms with E-state index in [9.17, 15) is 13.6 Å². The standard InChI is InChI=1S/C25H25F2N3O3/c1-15-9-19(27)7-8-21(15)30-24(31)20-11-25(20,17-5-4-6-18(26)10-17)14-33-23-12-28-16(2)29-22(23)13-32-3/h4-10,12,20H,11,13-14H2,1-3H3,(H,30,31)/t20-,25+/m0/s1. The molecular weight excluding hydrogens is 428 g/mol. The monoisotopic (exact) mass is 453 g/mol. The summed E-state index contributed by atoms with van der Waals surface area (Å²) < 4.78 is 38.8. The number of nitrogens with zero attached hydrogens (tertiary/aromatic N) is 2. The van der Waals surface area contributed by atoms with Crippen molar-refractivity contribution in [3.8, 4) is 5.75 Å². The molecule has 0 aliphatic heterocycles. The topological polar surface area (TPSA) is 73.3 Å². The van der Waals surface area contributed by atoms with Crippen molar-refractivity contribution in [2.45, 2.75) is 32.3 Å². The number of rotatable bonds is 8. The second kappa shape index (κ2) is 9.23. The fourth-order valence-corrected chi connectivity index (χ4v) is 4.07. The second-order valence-corrected chi connectivity index (χ2v) is 8.32. The molecule has 4 rings (SSSR count). The van der Waals surface area contributed by atoms with Crippen molar-refractivity contribution in [1.29, 1.82) is 0 Å². The van der Waals surface area contributed by atoms with Crippen LogP contribution < -0.4 is 10.1 Å². The molecule has 1 aliphatic carbocycles. The van der Waals surface area contributed by atoms with Gasteiger partial charge in [0.25, 0.3) is 0 Å². The van der Waals surface area contributed by atoms with Gasteiger partial charge in [0.15, 0.2) is 5.75 Å². The second-order valence-electron chi connectivity index (χ2n) is 8.32. The van der Waals surface area contributed by atoms with E-state index >= 15 is 0 Å². The zero-order valence-electron chi connectivity index (χ0n) is 18.7. The Hall–Kier alpha value is -3.39. The van der Waals surface area contributed by atoms with E-state index in [0.717, 1.165) is 0 Å². The molecule has 1 fully saturated rings. The van der Waals surface area contributed by atoms with Gasteiger partial charge in [-0.3, -0.25) is 4.79 Å². The van der Waals surface area contributed by atoms with Gasteiger partial charge in [-0.1, -0.05) is 12.1 Å². The number of halogens is 2. The number of benzene rings is 2. The van der Waals surface area contributed by atoms with Gasteiger partial charge < -0.3 is 14.8 Å². The van der Waals surface area contributed by atoms with Crippen molar-refractivity contribution in [3.05, 3.63) is 82.9 Å². The number of anilines is 1. The number of nitrogens with one attached hydrogen (secondary N) is 1. The van der Waals surface area contributed by atoms with Gasteiger partial charge in [0.2, 0.25) is 5.91 Å². The smallest absolute Gasteiger partial charge is 0.228 e. The van der Waals surface area contributed by atoms with Gasteiger partial charge in [-0.15, -0.1) is 0 Å². The SMILES string of the molecule is COCc1nc(C)ncc1OC[C@@]1(c2cccc(F)c2)C[C@H]1C(=O)Nc1ccc(F)cc1C. The Morgan fingerprint density at radius 1 is 1.18 bits per heavy atom. The van der Waals surface area contributed by atoms with Crippen LogP contribution in [0.1, 0.15) is 29.1 Å². The van der Waals surface area contributed by atoms with Gasteiger partial charge in [-0.2, -0.15) is 0 Å². The van der Waals surface area contributed by atoms with Crippen molar-refractivity contribution >= 4 is 11.6 Å². The normalized spacial score (nSPS) is 19.2. The van der Waals surface area contributed by atoms with Crippen molar-refractivity contribution in [1.82, 2.24) is 9.97 Å². The summed E-state index contributed by atoms with van der Waals surface area (Å²) in [5.41, 5.74) is 1.73. The number of amides is 1. The summed E-state index contributed by atoms with van der Waals surface area (Å²) in [5, 5.41) is 2.88. The molecule has 2 atom stereocenters. The quantitative estimate of drug-likeness (QED) is 0.544. The van der Waals surface area contributed by atoms with Crippen LogP contribution in [-0.4, -0.2) is 29.6 Å². The third kappa shape index (κ3) is 4.85. The Bertz CT molecular complexity index is 1190. The fourth-order valence-electron chi connectivity index (χ4n) is 4.07. The van der Waals surface area contributed by atoms with E-state index in [1.807, 2.05) is 0 Å². The predicted octanol–water partition coefficient (Wildman–Crippen LogP) is 4.49. The minimum Gasteiger partial charge on any atom is -0.489 e. The number of methoxy groups -OCH3 is 1. The molecule has 3 aromatic rings. The summed E-state index contributed by atoms with van der Waals surface area (Å²) in [7, 11) is 1.56. The first-order chi connectivity index (χ1) is 15.8. The summed E-state index contributed by atoms with van der Waals surface area (Å²) in [6.07, 6.45) is 2.06. The maximum atomic E-state index is 14.0. The van der Waals surface area contributed by atoms with E-state index in [0.29, 0.717) is 40.5 Å².